The van der Waals surface area contributed by atoms with Crippen LogP contribution < -0.4 is 5.32 Å². The minimum atomic E-state index is -0.219. The topological polar surface area (TPSA) is 50.2 Å². The molecule has 1 aromatic heterocycles. The summed E-state index contributed by atoms with van der Waals surface area (Å²) in [5.74, 6) is 0.180. The van der Waals surface area contributed by atoms with Gasteiger partial charge in [-0.3, -0.25) is 9.48 Å². The highest BCUT2D eigenvalue weighted by Crippen LogP contribution is 2.16. The van der Waals surface area contributed by atoms with Crippen LogP contribution in [0.3, 0.4) is 0 Å². The summed E-state index contributed by atoms with van der Waals surface area (Å²) in [6, 6.07) is 1.97. The van der Waals surface area contributed by atoms with Crippen LogP contribution in [0.15, 0.2) is 18.5 Å². The molecule has 1 saturated heterocycles. The van der Waals surface area contributed by atoms with Crippen molar-refractivity contribution >= 4 is 5.91 Å². The maximum atomic E-state index is 12.7. The first-order chi connectivity index (χ1) is 9.24. The standard InChI is InChI=1S/C14H24N4O/c1-3-9-17(13-6-4-7-15-11-13)14(19)12(2)18-10-5-8-16-18/h5,8,10,12-13,15H,3-4,6-7,9,11H2,1-2H3. The van der Waals surface area contributed by atoms with E-state index in [0.29, 0.717) is 6.04 Å². The molecule has 1 N–H and O–H groups in total. The van der Waals surface area contributed by atoms with Crippen molar-refractivity contribution in [3.05, 3.63) is 18.5 Å². The van der Waals surface area contributed by atoms with Crippen molar-refractivity contribution < 1.29 is 4.79 Å². The summed E-state index contributed by atoms with van der Waals surface area (Å²) in [4.78, 5) is 14.7. The maximum Gasteiger partial charge on any atom is 0.247 e. The number of amides is 1. The van der Waals surface area contributed by atoms with Crippen molar-refractivity contribution in [3.8, 4) is 0 Å². The van der Waals surface area contributed by atoms with Gasteiger partial charge in [0.25, 0.3) is 0 Å². The smallest absolute Gasteiger partial charge is 0.247 e. The molecule has 1 aromatic rings. The van der Waals surface area contributed by atoms with Crippen molar-refractivity contribution in [2.45, 2.75) is 45.2 Å². The maximum absolute atomic E-state index is 12.7. The van der Waals surface area contributed by atoms with Gasteiger partial charge in [-0.25, -0.2) is 0 Å². The van der Waals surface area contributed by atoms with Gasteiger partial charge in [0.05, 0.1) is 0 Å². The summed E-state index contributed by atoms with van der Waals surface area (Å²) in [6.45, 7) is 6.86. The monoisotopic (exact) mass is 264 g/mol. The molecule has 0 aromatic carbocycles. The van der Waals surface area contributed by atoms with Gasteiger partial charge < -0.3 is 10.2 Å². The van der Waals surface area contributed by atoms with Crippen LogP contribution in [-0.2, 0) is 4.79 Å². The lowest BCUT2D eigenvalue weighted by molar-refractivity contribution is -0.137. The summed E-state index contributed by atoms with van der Waals surface area (Å²) >= 11 is 0. The molecule has 0 bridgehead atoms. The van der Waals surface area contributed by atoms with Crippen LogP contribution in [0, 0.1) is 0 Å². The van der Waals surface area contributed by atoms with Gasteiger partial charge in [-0.1, -0.05) is 6.92 Å². The number of carbonyl (C=O) groups is 1. The van der Waals surface area contributed by atoms with Crippen molar-refractivity contribution in [2.75, 3.05) is 19.6 Å². The number of hydrogen-bond donors (Lipinski definition) is 1. The minimum absolute atomic E-state index is 0.180. The van der Waals surface area contributed by atoms with E-state index in [0.717, 1.165) is 38.9 Å². The van der Waals surface area contributed by atoms with E-state index in [2.05, 4.69) is 17.3 Å². The summed E-state index contributed by atoms with van der Waals surface area (Å²) in [5.41, 5.74) is 0. The lowest BCUT2D eigenvalue weighted by Gasteiger charge is -2.36. The van der Waals surface area contributed by atoms with Gasteiger partial charge in [-0.05, 0) is 38.8 Å². The fraction of sp³-hybridized carbons (Fsp3) is 0.714. The Labute approximate surface area is 115 Å². The van der Waals surface area contributed by atoms with Crippen LogP contribution >= 0.6 is 0 Å². The Morgan fingerprint density at radius 3 is 3.05 bits per heavy atom. The molecule has 2 heterocycles. The zero-order valence-electron chi connectivity index (χ0n) is 11.9. The van der Waals surface area contributed by atoms with Gasteiger partial charge in [-0.2, -0.15) is 5.10 Å². The molecule has 19 heavy (non-hydrogen) atoms. The van der Waals surface area contributed by atoms with Gasteiger partial charge in [0.15, 0.2) is 0 Å². The van der Waals surface area contributed by atoms with Crippen molar-refractivity contribution in [1.82, 2.24) is 20.0 Å². The van der Waals surface area contributed by atoms with E-state index in [1.807, 2.05) is 24.1 Å². The first-order valence-electron chi connectivity index (χ1n) is 7.24. The first-order valence-corrected chi connectivity index (χ1v) is 7.24. The molecule has 5 heteroatoms. The minimum Gasteiger partial charge on any atom is -0.337 e. The highest BCUT2D eigenvalue weighted by molar-refractivity contribution is 5.80. The quantitative estimate of drug-likeness (QED) is 0.875. The van der Waals surface area contributed by atoms with Crippen molar-refractivity contribution in [2.24, 2.45) is 0 Å². The van der Waals surface area contributed by atoms with Crippen LogP contribution in [0.25, 0.3) is 0 Å². The lowest BCUT2D eigenvalue weighted by atomic mass is 10.0. The fourth-order valence-corrected chi connectivity index (χ4v) is 2.68. The number of nitrogens with one attached hydrogen (secondary N) is 1. The molecule has 106 valence electrons. The van der Waals surface area contributed by atoms with Gasteiger partial charge in [0.2, 0.25) is 5.91 Å². The molecule has 1 aliphatic heterocycles. The average molecular weight is 264 g/mol. The summed E-state index contributed by atoms with van der Waals surface area (Å²) in [6.07, 6.45) is 6.81. The zero-order valence-corrected chi connectivity index (χ0v) is 11.9. The number of rotatable bonds is 5. The molecular formula is C14H24N4O. The van der Waals surface area contributed by atoms with Crippen molar-refractivity contribution in [3.63, 3.8) is 0 Å². The highest BCUT2D eigenvalue weighted by Gasteiger charge is 2.28. The largest absolute Gasteiger partial charge is 0.337 e. The number of piperidine rings is 1. The molecular weight excluding hydrogens is 240 g/mol. The van der Waals surface area contributed by atoms with E-state index in [1.165, 1.54) is 0 Å². The third-order valence-electron chi connectivity index (χ3n) is 3.74. The average Bonchev–Trinajstić information content (AvgIpc) is 2.98. The third kappa shape index (κ3) is 3.35. The van der Waals surface area contributed by atoms with Crippen molar-refractivity contribution in [1.29, 1.82) is 0 Å². The fourth-order valence-electron chi connectivity index (χ4n) is 2.68. The zero-order chi connectivity index (χ0) is 13.7. The van der Waals surface area contributed by atoms with Gasteiger partial charge in [0.1, 0.15) is 6.04 Å². The van der Waals surface area contributed by atoms with Crippen LogP contribution in [0.2, 0.25) is 0 Å². The Balaban J connectivity index is 2.06. The molecule has 5 nitrogen and oxygen atoms in total. The van der Waals surface area contributed by atoms with Gasteiger partial charge >= 0.3 is 0 Å². The Kier molecular flexibility index (Phi) is 4.96. The Hall–Kier alpha value is -1.36. The molecule has 1 amide bonds. The van der Waals surface area contributed by atoms with E-state index in [4.69, 9.17) is 0 Å². The molecule has 0 radical (unpaired) electrons. The summed E-state index contributed by atoms with van der Waals surface area (Å²) < 4.78 is 1.74. The number of nitrogens with zero attached hydrogens (tertiary/aromatic N) is 3. The Morgan fingerprint density at radius 2 is 2.47 bits per heavy atom. The molecule has 0 saturated carbocycles. The van der Waals surface area contributed by atoms with Gasteiger partial charge in [-0.15, -0.1) is 0 Å². The molecule has 1 fully saturated rings. The molecule has 0 spiro atoms. The third-order valence-corrected chi connectivity index (χ3v) is 3.74. The van der Waals surface area contributed by atoms with Crippen LogP contribution in [0.5, 0.6) is 0 Å². The Bertz CT molecular complexity index is 384. The van der Waals surface area contributed by atoms with Gasteiger partial charge in [0, 0.05) is 31.5 Å². The summed E-state index contributed by atoms with van der Waals surface area (Å²) in [7, 11) is 0. The molecule has 2 rings (SSSR count). The van der Waals surface area contributed by atoms with Crippen LogP contribution in [0.1, 0.15) is 39.2 Å². The second-order valence-corrected chi connectivity index (χ2v) is 5.19. The van der Waals surface area contributed by atoms with E-state index >= 15 is 0 Å². The van der Waals surface area contributed by atoms with Crippen LogP contribution in [0.4, 0.5) is 0 Å². The van der Waals surface area contributed by atoms with E-state index < -0.39 is 0 Å². The highest BCUT2D eigenvalue weighted by atomic mass is 16.2. The number of hydrogen-bond acceptors (Lipinski definition) is 3. The predicted octanol–water partition coefficient (Wildman–Crippen LogP) is 1.43. The Morgan fingerprint density at radius 1 is 1.63 bits per heavy atom. The second-order valence-electron chi connectivity index (χ2n) is 5.19. The second kappa shape index (κ2) is 6.70. The SMILES string of the molecule is CCCN(C(=O)C(C)n1cccn1)C1CCCNC1. The van der Waals surface area contributed by atoms with E-state index in [-0.39, 0.29) is 11.9 Å². The number of carbonyl (C=O) groups excluding carboxylic acids is 1. The van der Waals surface area contributed by atoms with E-state index in [9.17, 15) is 4.79 Å². The molecule has 1 aliphatic rings. The molecule has 2 unspecified atom stereocenters. The van der Waals surface area contributed by atoms with E-state index in [1.54, 1.807) is 10.9 Å². The molecule has 2 atom stereocenters. The predicted molar refractivity (Wildman–Crippen MR) is 74.8 cm³/mol. The normalized spacial score (nSPS) is 21.1. The first kappa shape index (κ1) is 14.1. The van der Waals surface area contributed by atoms with Crippen LogP contribution in [-0.4, -0.2) is 46.3 Å². The summed E-state index contributed by atoms with van der Waals surface area (Å²) in [5, 5.41) is 7.56. The lowest BCUT2D eigenvalue weighted by Crippen LogP contribution is -2.50. The number of aromatic nitrogens is 2. The molecule has 0 aliphatic carbocycles.